The second-order valence-corrected chi connectivity index (χ2v) is 5.29. The number of halogens is 4. The van der Waals surface area contributed by atoms with E-state index in [1.54, 1.807) is 0 Å². The number of nitrogens with one attached hydrogen (secondary N) is 1. The van der Waals surface area contributed by atoms with Gasteiger partial charge in [0.25, 0.3) is 0 Å². The number of rotatable bonds is 4. The lowest BCUT2D eigenvalue weighted by molar-refractivity contribution is -0.137. The van der Waals surface area contributed by atoms with Gasteiger partial charge >= 0.3 is 6.18 Å². The van der Waals surface area contributed by atoms with E-state index in [2.05, 4.69) is 5.32 Å². The first kappa shape index (κ1) is 15.9. The first-order chi connectivity index (χ1) is 9.86. The Kier molecular flexibility index (Phi) is 4.91. The second-order valence-electron chi connectivity index (χ2n) is 4.88. The van der Waals surface area contributed by atoms with E-state index in [4.69, 9.17) is 11.6 Å². The Balaban J connectivity index is 1.90. The van der Waals surface area contributed by atoms with E-state index in [0.29, 0.717) is 18.1 Å². The lowest BCUT2D eigenvalue weighted by Gasteiger charge is -2.09. The number of alkyl halides is 3. The summed E-state index contributed by atoms with van der Waals surface area (Å²) in [5.74, 6) is 0. The summed E-state index contributed by atoms with van der Waals surface area (Å²) in [5.41, 5.74) is 2.23. The fourth-order valence-electron chi connectivity index (χ4n) is 1.91. The number of aryl methyl sites for hydroxylation is 1. The van der Waals surface area contributed by atoms with Gasteiger partial charge < -0.3 is 5.32 Å². The summed E-state index contributed by atoms with van der Waals surface area (Å²) in [6.07, 6.45) is -4.29. The highest BCUT2D eigenvalue weighted by molar-refractivity contribution is 6.31. The van der Waals surface area contributed by atoms with Crippen molar-refractivity contribution >= 4 is 11.6 Å². The van der Waals surface area contributed by atoms with Crippen LogP contribution in [0.1, 0.15) is 22.3 Å². The molecule has 5 heteroatoms. The monoisotopic (exact) mass is 313 g/mol. The van der Waals surface area contributed by atoms with Gasteiger partial charge in [0.05, 0.1) is 5.56 Å². The van der Waals surface area contributed by atoms with Crippen LogP contribution in [-0.2, 0) is 19.3 Å². The average molecular weight is 314 g/mol. The summed E-state index contributed by atoms with van der Waals surface area (Å²) < 4.78 is 37.3. The third-order valence-corrected chi connectivity index (χ3v) is 3.58. The van der Waals surface area contributed by atoms with Gasteiger partial charge in [0, 0.05) is 18.1 Å². The molecule has 0 atom stereocenters. The molecule has 2 aromatic carbocycles. The molecule has 0 heterocycles. The molecule has 0 saturated carbocycles. The van der Waals surface area contributed by atoms with Crippen LogP contribution >= 0.6 is 11.6 Å². The van der Waals surface area contributed by atoms with Crippen LogP contribution in [0, 0.1) is 6.92 Å². The van der Waals surface area contributed by atoms with Crippen molar-refractivity contribution in [3.8, 4) is 0 Å². The summed E-state index contributed by atoms with van der Waals surface area (Å²) in [7, 11) is 0. The van der Waals surface area contributed by atoms with E-state index < -0.39 is 11.7 Å². The molecular weight excluding hydrogens is 299 g/mol. The number of benzene rings is 2. The van der Waals surface area contributed by atoms with Crippen LogP contribution in [0.5, 0.6) is 0 Å². The van der Waals surface area contributed by atoms with Crippen molar-refractivity contribution in [3.63, 3.8) is 0 Å². The molecule has 0 bridgehead atoms. The zero-order chi connectivity index (χ0) is 15.5. The SMILES string of the molecule is Cc1ccc(CNCc2ccc(C(F)(F)F)cc2)cc1Cl. The Morgan fingerprint density at radius 1 is 0.952 bits per heavy atom. The largest absolute Gasteiger partial charge is 0.416 e. The Labute approximate surface area is 126 Å². The molecule has 0 aliphatic carbocycles. The van der Waals surface area contributed by atoms with Gasteiger partial charge in [0.1, 0.15) is 0 Å². The van der Waals surface area contributed by atoms with Crippen LogP contribution in [0.25, 0.3) is 0 Å². The Hall–Kier alpha value is -1.52. The van der Waals surface area contributed by atoms with Crippen molar-refractivity contribution in [3.05, 3.63) is 69.7 Å². The Bertz CT molecular complexity index is 606. The fourth-order valence-corrected chi connectivity index (χ4v) is 2.11. The van der Waals surface area contributed by atoms with Crippen molar-refractivity contribution in [2.24, 2.45) is 0 Å². The predicted molar refractivity (Wildman–Crippen MR) is 78.2 cm³/mol. The van der Waals surface area contributed by atoms with Crippen molar-refractivity contribution in [1.82, 2.24) is 5.32 Å². The predicted octanol–water partition coefficient (Wildman–Crippen LogP) is 4.96. The minimum Gasteiger partial charge on any atom is -0.309 e. The van der Waals surface area contributed by atoms with E-state index in [1.807, 2.05) is 25.1 Å². The maximum atomic E-state index is 12.4. The van der Waals surface area contributed by atoms with E-state index in [0.717, 1.165) is 28.8 Å². The first-order valence-electron chi connectivity index (χ1n) is 6.48. The third kappa shape index (κ3) is 4.48. The minimum atomic E-state index is -4.29. The van der Waals surface area contributed by atoms with Crippen LogP contribution in [0.2, 0.25) is 5.02 Å². The molecule has 0 saturated heterocycles. The summed E-state index contributed by atoms with van der Waals surface area (Å²) in [6.45, 7) is 3.05. The molecule has 1 nitrogen and oxygen atoms in total. The van der Waals surface area contributed by atoms with E-state index in [9.17, 15) is 13.2 Å². The van der Waals surface area contributed by atoms with E-state index in [1.165, 1.54) is 12.1 Å². The van der Waals surface area contributed by atoms with Crippen LogP contribution in [-0.4, -0.2) is 0 Å². The summed E-state index contributed by atoms with van der Waals surface area (Å²) in [5, 5.41) is 3.89. The van der Waals surface area contributed by atoms with E-state index >= 15 is 0 Å². The molecule has 0 spiro atoms. The Morgan fingerprint density at radius 3 is 2.10 bits per heavy atom. The third-order valence-electron chi connectivity index (χ3n) is 3.18. The minimum absolute atomic E-state index is 0.504. The van der Waals surface area contributed by atoms with Crippen LogP contribution in [0.3, 0.4) is 0 Å². The molecule has 0 radical (unpaired) electrons. The van der Waals surface area contributed by atoms with Gasteiger partial charge in [0.2, 0.25) is 0 Å². The zero-order valence-corrected chi connectivity index (χ0v) is 12.2. The summed E-state index contributed by atoms with van der Waals surface area (Å²) >= 11 is 6.04. The highest BCUT2D eigenvalue weighted by Gasteiger charge is 2.29. The first-order valence-corrected chi connectivity index (χ1v) is 6.86. The average Bonchev–Trinajstić information content (AvgIpc) is 2.42. The van der Waals surface area contributed by atoms with Gasteiger partial charge in [0.15, 0.2) is 0 Å². The Morgan fingerprint density at radius 2 is 1.52 bits per heavy atom. The molecule has 2 rings (SSSR count). The molecule has 112 valence electrons. The molecule has 21 heavy (non-hydrogen) atoms. The van der Waals surface area contributed by atoms with Crippen LogP contribution < -0.4 is 5.32 Å². The molecular formula is C16H15ClF3N. The molecule has 0 amide bonds. The maximum absolute atomic E-state index is 12.4. The van der Waals surface area contributed by atoms with E-state index in [-0.39, 0.29) is 0 Å². The highest BCUT2D eigenvalue weighted by Crippen LogP contribution is 2.29. The standard InChI is InChI=1S/C16H15ClF3N/c1-11-2-3-13(8-15(11)17)10-21-9-12-4-6-14(7-5-12)16(18,19)20/h2-8,21H,9-10H2,1H3. The smallest absolute Gasteiger partial charge is 0.309 e. The van der Waals surface area contributed by atoms with Gasteiger partial charge in [-0.15, -0.1) is 0 Å². The molecule has 0 fully saturated rings. The molecule has 2 aromatic rings. The highest BCUT2D eigenvalue weighted by atomic mass is 35.5. The van der Waals surface area contributed by atoms with Crippen molar-refractivity contribution in [2.45, 2.75) is 26.2 Å². The van der Waals surface area contributed by atoms with Gasteiger partial charge in [-0.25, -0.2) is 0 Å². The van der Waals surface area contributed by atoms with Gasteiger partial charge in [-0.1, -0.05) is 35.9 Å². The number of hydrogen-bond acceptors (Lipinski definition) is 1. The van der Waals surface area contributed by atoms with Crippen molar-refractivity contribution < 1.29 is 13.2 Å². The topological polar surface area (TPSA) is 12.0 Å². The van der Waals surface area contributed by atoms with Gasteiger partial charge in [-0.05, 0) is 41.8 Å². The normalized spacial score (nSPS) is 11.7. The number of hydrogen-bond donors (Lipinski definition) is 1. The molecule has 0 aliphatic rings. The lowest BCUT2D eigenvalue weighted by Crippen LogP contribution is -2.13. The molecule has 0 aliphatic heterocycles. The van der Waals surface area contributed by atoms with Crippen LogP contribution in [0.4, 0.5) is 13.2 Å². The summed E-state index contributed by atoms with van der Waals surface area (Å²) in [4.78, 5) is 0. The van der Waals surface area contributed by atoms with Crippen molar-refractivity contribution in [1.29, 1.82) is 0 Å². The molecule has 0 unspecified atom stereocenters. The molecule has 1 N–H and O–H groups in total. The lowest BCUT2D eigenvalue weighted by atomic mass is 10.1. The van der Waals surface area contributed by atoms with Gasteiger partial charge in [-0.3, -0.25) is 0 Å². The molecule has 0 aromatic heterocycles. The van der Waals surface area contributed by atoms with Gasteiger partial charge in [-0.2, -0.15) is 13.2 Å². The second kappa shape index (κ2) is 6.50. The quantitative estimate of drug-likeness (QED) is 0.841. The van der Waals surface area contributed by atoms with Crippen LogP contribution in [0.15, 0.2) is 42.5 Å². The van der Waals surface area contributed by atoms with Crippen molar-refractivity contribution in [2.75, 3.05) is 0 Å². The maximum Gasteiger partial charge on any atom is 0.416 e. The fraction of sp³-hybridized carbons (Fsp3) is 0.250. The summed E-state index contributed by atoms with van der Waals surface area (Å²) in [6, 6.07) is 11.0. The zero-order valence-electron chi connectivity index (χ0n) is 11.5.